The van der Waals surface area contributed by atoms with E-state index in [1.807, 2.05) is 0 Å². The molecule has 0 bridgehead atoms. The minimum Gasteiger partial charge on any atom is -0.746 e. The van der Waals surface area contributed by atoms with Gasteiger partial charge in [0.2, 0.25) is 0 Å². The van der Waals surface area contributed by atoms with Crippen LogP contribution in [-0.4, -0.2) is 24.7 Å². The monoisotopic (exact) mass is 246 g/mol. The maximum absolute atomic E-state index is 12.2. The molecule has 0 saturated heterocycles. The molecule has 0 heterocycles. The van der Waals surface area contributed by atoms with E-state index in [0.717, 1.165) is 0 Å². The summed E-state index contributed by atoms with van der Waals surface area (Å²) < 4.78 is 76.2. The molecule has 0 aromatic heterocycles. The molecule has 0 spiro atoms. The largest absolute Gasteiger partial charge is 1.00 e. The van der Waals surface area contributed by atoms with Crippen LogP contribution in [0.25, 0.3) is 0 Å². The minimum absolute atomic E-state index is 0. The standard InChI is InChI=1S/C5H8F4O3S.Na/c6-4(13(10,11)12)2-1-3-5(7,8)9;/h4H,1-3H2,(H,10,11,12);/q;+1/p-1. The summed E-state index contributed by atoms with van der Waals surface area (Å²) in [5.41, 5.74) is -2.74. The summed E-state index contributed by atoms with van der Waals surface area (Å²) in [5.74, 6) is 0. The van der Waals surface area contributed by atoms with E-state index in [1.165, 1.54) is 0 Å². The summed E-state index contributed by atoms with van der Waals surface area (Å²) in [6.45, 7) is 0. The van der Waals surface area contributed by atoms with Gasteiger partial charge < -0.3 is 4.55 Å². The summed E-state index contributed by atoms with van der Waals surface area (Å²) in [6.07, 6.45) is -7.35. The summed E-state index contributed by atoms with van der Waals surface area (Å²) in [6, 6.07) is 0. The first kappa shape index (κ1) is 17.0. The van der Waals surface area contributed by atoms with Gasteiger partial charge in [0.25, 0.3) is 0 Å². The smallest absolute Gasteiger partial charge is 0.746 e. The Balaban J connectivity index is 0. The molecular formula is C5H7F4NaO3S. The fraction of sp³-hybridized carbons (Fsp3) is 1.00. The van der Waals surface area contributed by atoms with Gasteiger partial charge in [0.1, 0.15) is 10.1 Å². The fourth-order valence-electron chi connectivity index (χ4n) is 0.607. The topological polar surface area (TPSA) is 57.2 Å². The van der Waals surface area contributed by atoms with E-state index < -0.39 is 41.1 Å². The molecule has 0 fully saturated rings. The van der Waals surface area contributed by atoms with E-state index in [2.05, 4.69) is 0 Å². The van der Waals surface area contributed by atoms with Gasteiger partial charge in [-0.05, 0) is 12.8 Å². The van der Waals surface area contributed by atoms with Crippen molar-refractivity contribution in [3.05, 3.63) is 0 Å². The first-order chi connectivity index (χ1) is 5.63. The molecule has 0 aliphatic carbocycles. The SMILES string of the molecule is O=S(=O)([O-])C(F)CCCC(F)(F)F.[Na+]. The van der Waals surface area contributed by atoms with Gasteiger partial charge >= 0.3 is 35.7 Å². The Morgan fingerprint density at radius 3 is 2.00 bits per heavy atom. The molecule has 0 aromatic carbocycles. The van der Waals surface area contributed by atoms with Crippen molar-refractivity contribution in [3.63, 3.8) is 0 Å². The van der Waals surface area contributed by atoms with Crippen LogP contribution in [0.4, 0.5) is 17.6 Å². The second kappa shape index (κ2) is 6.26. The molecule has 0 aliphatic rings. The average molecular weight is 246 g/mol. The maximum Gasteiger partial charge on any atom is 1.00 e. The average Bonchev–Trinajstić information content (AvgIpc) is 1.82. The second-order valence-corrected chi connectivity index (χ2v) is 3.91. The number of alkyl halides is 4. The van der Waals surface area contributed by atoms with Crippen LogP contribution in [0, 0.1) is 0 Å². The van der Waals surface area contributed by atoms with Crippen molar-refractivity contribution in [2.45, 2.75) is 30.9 Å². The Kier molecular flexibility index (Phi) is 7.62. The van der Waals surface area contributed by atoms with Gasteiger partial charge in [-0.2, -0.15) is 13.2 Å². The zero-order chi connectivity index (χ0) is 10.7. The summed E-state index contributed by atoms with van der Waals surface area (Å²) in [4.78, 5) is 0. The van der Waals surface area contributed by atoms with Gasteiger partial charge in [0, 0.05) is 6.42 Å². The normalized spacial score (nSPS) is 14.6. The Hall–Kier alpha value is 0.630. The van der Waals surface area contributed by atoms with E-state index in [0.29, 0.717) is 0 Å². The van der Waals surface area contributed by atoms with Crippen molar-refractivity contribution in [2.75, 3.05) is 0 Å². The molecule has 14 heavy (non-hydrogen) atoms. The molecule has 0 aliphatic heterocycles. The number of hydrogen-bond acceptors (Lipinski definition) is 3. The molecule has 0 N–H and O–H groups in total. The molecule has 0 amide bonds. The molecular weight excluding hydrogens is 239 g/mol. The molecule has 3 nitrogen and oxygen atoms in total. The third kappa shape index (κ3) is 9.20. The maximum atomic E-state index is 12.2. The molecule has 80 valence electrons. The predicted octanol–water partition coefficient (Wildman–Crippen LogP) is -1.44. The van der Waals surface area contributed by atoms with Crippen LogP contribution in [-0.2, 0) is 10.1 Å². The third-order valence-corrected chi connectivity index (χ3v) is 2.07. The van der Waals surface area contributed by atoms with Crippen molar-refractivity contribution in [1.82, 2.24) is 0 Å². The quantitative estimate of drug-likeness (QED) is 0.347. The molecule has 0 radical (unpaired) electrons. The molecule has 0 rings (SSSR count). The molecule has 0 aromatic rings. The summed E-state index contributed by atoms with van der Waals surface area (Å²) in [7, 11) is -5.10. The zero-order valence-corrected chi connectivity index (χ0v) is 10.2. The van der Waals surface area contributed by atoms with Gasteiger partial charge in [0.05, 0.1) is 0 Å². The molecule has 9 heteroatoms. The molecule has 1 atom stereocenters. The van der Waals surface area contributed by atoms with E-state index in [1.54, 1.807) is 0 Å². The third-order valence-electron chi connectivity index (χ3n) is 1.20. The molecule has 1 unspecified atom stereocenters. The van der Waals surface area contributed by atoms with Crippen molar-refractivity contribution in [2.24, 2.45) is 0 Å². The number of hydrogen-bond donors (Lipinski definition) is 0. The fourth-order valence-corrected chi connectivity index (χ4v) is 1.06. The first-order valence-electron chi connectivity index (χ1n) is 3.28. The Bertz CT molecular complexity index is 250. The van der Waals surface area contributed by atoms with Gasteiger partial charge in [0.15, 0.2) is 5.50 Å². The van der Waals surface area contributed by atoms with Crippen LogP contribution < -0.4 is 29.6 Å². The number of rotatable bonds is 4. The van der Waals surface area contributed by atoms with Crippen molar-refractivity contribution >= 4 is 10.1 Å². The van der Waals surface area contributed by atoms with Crippen molar-refractivity contribution in [3.8, 4) is 0 Å². The van der Waals surface area contributed by atoms with Crippen molar-refractivity contribution in [1.29, 1.82) is 0 Å². The predicted molar refractivity (Wildman–Crippen MR) is 34.5 cm³/mol. The van der Waals surface area contributed by atoms with Crippen LogP contribution in [0.5, 0.6) is 0 Å². The van der Waals surface area contributed by atoms with E-state index in [-0.39, 0.29) is 29.6 Å². The summed E-state index contributed by atoms with van der Waals surface area (Å²) in [5, 5.41) is 0. The Morgan fingerprint density at radius 1 is 1.29 bits per heavy atom. The van der Waals surface area contributed by atoms with E-state index >= 15 is 0 Å². The number of halogens is 4. The van der Waals surface area contributed by atoms with E-state index in [9.17, 15) is 30.5 Å². The van der Waals surface area contributed by atoms with Gasteiger partial charge in [-0.25, -0.2) is 12.8 Å². The van der Waals surface area contributed by atoms with Crippen LogP contribution in [0.1, 0.15) is 19.3 Å². The van der Waals surface area contributed by atoms with Gasteiger partial charge in [-0.1, -0.05) is 0 Å². The van der Waals surface area contributed by atoms with E-state index in [4.69, 9.17) is 0 Å². The minimum atomic E-state index is -5.10. The molecule has 0 saturated carbocycles. The van der Waals surface area contributed by atoms with Crippen LogP contribution in [0.15, 0.2) is 0 Å². The Morgan fingerprint density at radius 2 is 1.71 bits per heavy atom. The zero-order valence-electron chi connectivity index (χ0n) is 7.34. The first-order valence-corrected chi connectivity index (χ1v) is 4.75. The van der Waals surface area contributed by atoms with Crippen LogP contribution in [0.3, 0.4) is 0 Å². The van der Waals surface area contributed by atoms with Gasteiger partial charge in [-0.3, -0.25) is 0 Å². The van der Waals surface area contributed by atoms with Crippen LogP contribution >= 0.6 is 0 Å². The second-order valence-electron chi connectivity index (χ2n) is 2.41. The Labute approximate surface area is 101 Å². The van der Waals surface area contributed by atoms with Crippen molar-refractivity contribution < 1.29 is 60.1 Å². The summed E-state index contributed by atoms with van der Waals surface area (Å²) >= 11 is 0. The van der Waals surface area contributed by atoms with Crippen LogP contribution in [0.2, 0.25) is 0 Å². The van der Waals surface area contributed by atoms with Gasteiger partial charge in [-0.15, -0.1) is 0 Å².